The molecule has 17 heavy (non-hydrogen) atoms. The predicted molar refractivity (Wildman–Crippen MR) is 65.6 cm³/mol. The van der Waals surface area contributed by atoms with Crippen LogP contribution in [0.3, 0.4) is 0 Å². The zero-order chi connectivity index (χ0) is 11.6. The molecule has 2 nitrogen and oxygen atoms in total. The van der Waals surface area contributed by atoms with Crippen molar-refractivity contribution in [3.05, 3.63) is 12.2 Å². The minimum atomic E-state index is -0.229. The van der Waals surface area contributed by atoms with E-state index in [0.29, 0.717) is 10.8 Å². The lowest BCUT2D eigenvalue weighted by Gasteiger charge is -2.71. The molecule has 94 valence electrons. The molecule has 0 amide bonds. The monoisotopic (exact) mass is 234 g/mol. The zero-order valence-corrected chi connectivity index (χ0v) is 10.6. The van der Waals surface area contributed by atoms with Crippen molar-refractivity contribution >= 4 is 0 Å². The fourth-order valence-electron chi connectivity index (χ4n) is 5.50. The van der Waals surface area contributed by atoms with Gasteiger partial charge in [0.1, 0.15) is 0 Å². The molecular weight excluding hydrogens is 212 g/mol. The van der Waals surface area contributed by atoms with Crippen molar-refractivity contribution in [2.45, 2.75) is 57.2 Å². The number of ether oxygens (including phenoxy) is 2. The molecular formula is C15H22O2. The Balaban J connectivity index is 1.82. The van der Waals surface area contributed by atoms with Crippen molar-refractivity contribution in [2.75, 3.05) is 13.2 Å². The van der Waals surface area contributed by atoms with E-state index in [1.807, 2.05) is 0 Å². The summed E-state index contributed by atoms with van der Waals surface area (Å²) in [5.41, 5.74) is 2.17. The highest BCUT2D eigenvalue weighted by molar-refractivity contribution is 5.35. The smallest absolute Gasteiger partial charge is 0.175 e. The van der Waals surface area contributed by atoms with Crippen LogP contribution in [-0.2, 0) is 9.47 Å². The SMILES string of the molecule is C=C1CC23CCCCC12CCCC31OCCO1. The molecule has 0 radical (unpaired) electrons. The van der Waals surface area contributed by atoms with Gasteiger partial charge in [-0.1, -0.05) is 25.0 Å². The summed E-state index contributed by atoms with van der Waals surface area (Å²) < 4.78 is 12.3. The molecule has 1 aliphatic heterocycles. The minimum Gasteiger partial charge on any atom is -0.347 e. The summed E-state index contributed by atoms with van der Waals surface area (Å²) in [4.78, 5) is 0. The molecule has 0 N–H and O–H groups in total. The molecule has 0 aromatic heterocycles. The van der Waals surface area contributed by atoms with Crippen LogP contribution in [0.4, 0.5) is 0 Å². The third-order valence-electron chi connectivity index (χ3n) is 6.16. The first-order valence-corrected chi connectivity index (χ1v) is 7.21. The first-order valence-electron chi connectivity index (χ1n) is 7.21. The van der Waals surface area contributed by atoms with Gasteiger partial charge in [-0.05, 0) is 32.1 Å². The number of hydrogen-bond acceptors (Lipinski definition) is 2. The van der Waals surface area contributed by atoms with Crippen molar-refractivity contribution in [1.82, 2.24) is 0 Å². The summed E-state index contributed by atoms with van der Waals surface area (Å²) in [7, 11) is 0. The lowest BCUT2D eigenvalue weighted by molar-refractivity contribution is -0.324. The van der Waals surface area contributed by atoms with Crippen molar-refractivity contribution < 1.29 is 9.47 Å². The first-order chi connectivity index (χ1) is 8.25. The Hall–Kier alpha value is -0.340. The van der Waals surface area contributed by atoms with Gasteiger partial charge in [-0.3, -0.25) is 0 Å². The topological polar surface area (TPSA) is 18.5 Å². The first kappa shape index (κ1) is 10.6. The standard InChI is InChI=1S/C15H22O2/c1-12-11-14-7-3-2-5-13(12,14)6-4-8-15(14)16-9-10-17-15/h1-11H2. The summed E-state index contributed by atoms with van der Waals surface area (Å²) in [6, 6.07) is 0. The van der Waals surface area contributed by atoms with Crippen LogP contribution >= 0.6 is 0 Å². The molecule has 0 aromatic carbocycles. The summed E-state index contributed by atoms with van der Waals surface area (Å²) in [6.07, 6.45) is 10.2. The third-order valence-corrected chi connectivity index (χ3v) is 6.16. The molecule has 3 aliphatic carbocycles. The Morgan fingerprint density at radius 2 is 1.59 bits per heavy atom. The van der Waals surface area contributed by atoms with Crippen LogP contribution in [0.25, 0.3) is 0 Å². The highest BCUT2D eigenvalue weighted by Gasteiger charge is 2.74. The maximum absolute atomic E-state index is 6.16. The summed E-state index contributed by atoms with van der Waals surface area (Å²) in [5, 5.41) is 0. The maximum Gasteiger partial charge on any atom is 0.175 e. The number of allylic oxidation sites excluding steroid dienone is 1. The van der Waals surface area contributed by atoms with E-state index < -0.39 is 0 Å². The summed E-state index contributed by atoms with van der Waals surface area (Å²) in [6.45, 7) is 5.95. The summed E-state index contributed by atoms with van der Waals surface area (Å²) >= 11 is 0. The van der Waals surface area contributed by atoms with E-state index in [-0.39, 0.29) is 5.79 Å². The maximum atomic E-state index is 6.16. The Bertz CT molecular complexity index is 365. The Morgan fingerprint density at radius 1 is 0.882 bits per heavy atom. The third kappa shape index (κ3) is 0.978. The lowest BCUT2D eigenvalue weighted by Crippen LogP contribution is -2.69. The zero-order valence-electron chi connectivity index (χ0n) is 10.6. The quantitative estimate of drug-likeness (QED) is 0.598. The van der Waals surface area contributed by atoms with Crippen LogP contribution in [0.15, 0.2) is 12.2 Å². The van der Waals surface area contributed by atoms with E-state index in [2.05, 4.69) is 6.58 Å². The molecule has 1 heterocycles. The van der Waals surface area contributed by atoms with Crippen LogP contribution in [0.2, 0.25) is 0 Å². The van der Waals surface area contributed by atoms with Crippen LogP contribution in [0, 0.1) is 10.8 Å². The van der Waals surface area contributed by atoms with E-state index in [1.165, 1.54) is 44.1 Å². The Morgan fingerprint density at radius 3 is 2.35 bits per heavy atom. The Labute approximate surface area is 103 Å². The van der Waals surface area contributed by atoms with Crippen LogP contribution in [-0.4, -0.2) is 19.0 Å². The van der Waals surface area contributed by atoms with Gasteiger partial charge in [0.15, 0.2) is 5.79 Å². The highest BCUT2D eigenvalue weighted by Crippen LogP contribution is 2.76. The van der Waals surface area contributed by atoms with Gasteiger partial charge in [0.2, 0.25) is 0 Å². The molecule has 2 atom stereocenters. The largest absolute Gasteiger partial charge is 0.347 e. The van der Waals surface area contributed by atoms with E-state index in [4.69, 9.17) is 9.47 Å². The normalized spacial score (nSPS) is 47.4. The van der Waals surface area contributed by atoms with E-state index >= 15 is 0 Å². The molecule has 1 saturated heterocycles. The molecule has 3 saturated carbocycles. The fraction of sp³-hybridized carbons (Fsp3) is 0.867. The van der Waals surface area contributed by atoms with Gasteiger partial charge < -0.3 is 9.47 Å². The molecule has 1 spiro atoms. The lowest BCUT2D eigenvalue weighted by atomic mass is 9.36. The van der Waals surface area contributed by atoms with Gasteiger partial charge in [-0.25, -0.2) is 0 Å². The van der Waals surface area contributed by atoms with Gasteiger partial charge in [0.25, 0.3) is 0 Å². The molecule has 2 unspecified atom stereocenters. The summed E-state index contributed by atoms with van der Waals surface area (Å²) in [5.74, 6) is -0.229. The second kappa shape index (κ2) is 3.16. The molecule has 4 aliphatic rings. The minimum absolute atomic E-state index is 0.229. The van der Waals surface area contributed by atoms with E-state index in [0.717, 1.165) is 26.1 Å². The predicted octanol–water partition coefficient (Wildman–Crippen LogP) is 3.42. The van der Waals surface area contributed by atoms with Crippen molar-refractivity contribution in [3.8, 4) is 0 Å². The fourth-order valence-corrected chi connectivity index (χ4v) is 5.50. The van der Waals surface area contributed by atoms with Gasteiger partial charge in [0, 0.05) is 17.3 Å². The second-order valence-electron chi connectivity index (χ2n) is 6.46. The highest BCUT2D eigenvalue weighted by atomic mass is 16.7. The molecule has 0 aromatic rings. The Kier molecular flexibility index (Phi) is 1.96. The van der Waals surface area contributed by atoms with Gasteiger partial charge in [0.05, 0.1) is 13.2 Å². The number of hydrogen-bond donors (Lipinski definition) is 0. The average Bonchev–Trinajstić information content (AvgIpc) is 2.79. The molecule has 2 heteroatoms. The van der Waals surface area contributed by atoms with Crippen molar-refractivity contribution in [2.24, 2.45) is 10.8 Å². The average molecular weight is 234 g/mol. The van der Waals surface area contributed by atoms with Gasteiger partial charge >= 0.3 is 0 Å². The molecule has 0 bridgehead atoms. The second-order valence-corrected chi connectivity index (χ2v) is 6.46. The molecule has 4 fully saturated rings. The van der Waals surface area contributed by atoms with Crippen molar-refractivity contribution in [3.63, 3.8) is 0 Å². The number of rotatable bonds is 0. The van der Waals surface area contributed by atoms with Crippen LogP contribution in [0.5, 0.6) is 0 Å². The van der Waals surface area contributed by atoms with Gasteiger partial charge in [-0.15, -0.1) is 0 Å². The van der Waals surface area contributed by atoms with E-state index in [9.17, 15) is 0 Å². The molecule has 4 rings (SSSR count). The van der Waals surface area contributed by atoms with E-state index in [1.54, 1.807) is 0 Å². The van der Waals surface area contributed by atoms with Crippen LogP contribution in [0.1, 0.15) is 51.4 Å². The van der Waals surface area contributed by atoms with Crippen molar-refractivity contribution in [1.29, 1.82) is 0 Å². The van der Waals surface area contributed by atoms with Crippen LogP contribution < -0.4 is 0 Å². The van der Waals surface area contributed by atoms with Gasteiger partial charge in [-0.2, -0.15) is 0 Å².